The maximum absolute atomic E-state index is 13.8. The molecule has 0 aliphatic heterocycles. The van der Waals surface area contributed by atoms with E-state index in [1.54, 1.807) is 24.4 Å². The van der Waals surface area contributed by atoms with Gasteiger partial charge in [-0.15, -0.1) is 0 Å². The molecule has 0 radical (unpaired) electrons. The molecule has 1 heterocycles. The maximum Gasteiger partial charge on any atom is 0.148 e. The van der Waals surface area contributed by atoms with E-state index in [1.165, 1.54) is 10.7 Å². The van der Waals surface area contributed by atoms with Gasteiger partial charge in [-0.1, -0.05) is 0 Å². The molecule has 1 aromatic heterocycles. The van der Waals surface area contributed by atoms with Crippen molar-refractivity contribution < 1.29 is 4.39 Å². The van der Waals surface area contributed by atoms with Gasteiger partial charge in [-0.25, -0.2) is 9.07 Å². The SMILES string of the molecule is CC(C)Nc1ccc(-n2ccc(N)n2)cc1F. The zero-order chi connectivity index (χ0) is 12.4. The summed E-state index contributed by atoms with van der Waals surface area (Å²) in [5.74, 6) is 0.111. The number of nitrogens with two attached hydrogens (primary N) is 1. The predicted octanol–water partition coefficient (Wildman–Crippen LogP) is 2.41. The van der Waals surface area contributed by atoms with Gasteiger partial charge >= 0.3 is 0 Å². The molecule has 3 N–H and O–H groups in total. The molecule has 0 fully saturated rings. The van der Waals surface area contributed by atoms with Gasteiger partial charge in [0, 0.05) is 24.4 Å². The second-order valence-electron chi connectivity index (χ2n) is 4.15. The average molecular weight is 234 g/mol. The second kappa shape index (κ2) is 4.45. The lowest BCUT2D eigenvalue weighted by atomic mass is 10.2. The van der Waals surface area contributed by atoms with Gasteiger partial charge in [0.1, 0.15) is 11.6 Å². The number of rotatable bonds is 3. The van der Waals surface area contributed by atoms with E-state index < -0.39 is 0 Å². The van der Waals surface area contributed by atoms with E-state index in [4.69, 9.17) is 5.73 Å². The number of halogens is 1. The van der Waals surface area contributed by atoms with Gasteiger partial charge in [-0.2, -0.15) is 5.10 Å². The summed E-state index contributed by atoms with van der Waals surface area (Å²) in [4.78, 5) is 0. The third kappa shape index (κ3) is 2.55. The largest absolute Gasteiger partial charge is 0.382 e. The zero-order valence-electron chi connectivity index (χ0n) is 9.81. The normalized spacial score (nSPS) is 10.8. The van der Waals surface area contributed by atoms with Gasteiger partial charge < -0.3 is 11.1 Å². The molecule has 17 heavy (non-hydrogen) atoms. The minimum atomic E-state index is -0.301. The van der Waals surface area contributed by atoms with E-state index in [0.717, 1.165) is 0 Å². The predicted molar refractivity (Wildman–Crippen MR) is 66.7 cm³/mol. The summed E-state index contributed by atoms with van der Waals surface area (Å²) in [6, 6.07) is 6.77. The molecule has 90 valence electrons. The van der Waals surface area contributed by atoms with Gasteiger partial charge in [0.2, 0.25) is 0 Å². The van der Waals surface area contributed by atoms with Crippen molar-refractivity contribution in [2.45, 2.75) is 19.9 Å². The number of nitrogen functional groups attached to an aromatic ring is 1. The summed E-state index contributed by atoms with van der Waals surface area (Å²) in [5.41, 5.74) is 6.65. The molecule has 5 heteroatoms. The number of nitrogens with zero attached hydrogens (tertiary/aromatic N) is 2. The number of hydrogen-bond donors (Lipinski definition) is 2. The van der Waals surface area contributed by atoms with E-state index in [-0.39, 0.29) is 11.9 Å². The highest BCUT2D eigenvalue weighted by atomic mass is 19.1. The highest BCUT2D eigenvalue weighted by molar-refractivity contribution is 5.50. The molecule has 2 aromatic rings. The number of benzene rings is 1. The van der Waals surface area contributed by atoms with Crippen molar-refractivity contribution in [3.63, 3.8) is 0 Å². The Morgan fingerprint density at radius 2 is 2.12 bits per heavy atom. The first-order valence-electron chi connectivity index (χ1n) is 5.44. The van der Waals surface area contributed by atoms with Crippen molar-refractivity contribution >= 4 is 11.5 Å². The summed E-state index contributed by atoms with van der Waals surface area (Å²) in [6.45, 7) is 3.92. The monoisotopic (exact) mass is 234 g/mol. The van der Waals surface area contributed by atoms with E-state index in [2.05, 4.69) is 10.4 Å². The van der Waals surface area contributed by atoms with Gasteiger partial charge in [0.25, 0.3) is 0 Å². The first-order chi connectivity index (χ1) is 8.06. The Balaban J connectivity index is 2.30. The third-order valence-electron chi connectivity index (χ3n) is 2.27. The fourth-order valence-electron chi connectivity index (χ4n) is 1.56. The summed E-state index contributed by atoms with van der Waals surface area (Å²) in [5, 5.41) is 7.05. The Bertz CT molecular complexity index is 519. The molecule has 0 bridgehead atoms. The number of anilines is 2. The number of aromatic nitrogens is 2. The Kier molecular flexibility index (Phi) is 2.99. The van der Waals surface area contributed by atoms with Crippen molar-refractivity contribution in [2.75, 3.05) is 11.1 Å². The summed E-state index contributed by atoms with van der Waals surface area (Å²) < 4.78 is 15.3. The van der Waals surface area contributed by atoms with Crippen LogP contribution >= 0.6 is 0 Å². The fourth-order valence-corrected chi connectivity index (χ4v) is 1.56. The molecular formula is C12H15FN4. The molecule has 0 aliphatic carbocycles. The minimum Gasteiger partial charge on any atom is -0.382 e. The molecule has 4 nitrogen and oxygen atoms in total. The quantitative estimate of drug-likeness (QED) is 0.857. The maximum atomic E-state index is 13.8. The number of nitrogens with one attached hydrogen (secondary N) is 1. The molecule has 0 unspecified atom stereocenters. The zero-order valence-corrected chi connectivity index (χ0v) is 9.81. The second-order valence-corrected chi connectivity index (χ2v) is 4.15. The fraction of sp³-hybridized carbons (Fsp3) is 0.250. The summed E-state index contributed by atoms with van der Waals surface area (Å²) in [7, 11) is 0. The molecule has 1 aromatic carbocycles. The molecule has 0 saturated heterocycles. The Morgan fingerprint density at radius 3 is 2.65 bits per heavy atom. The van der Waals surface area contributed by atoms with Crippen LogP contribution in [0.2, 0.25) is 0 Å². The Morgan fingerprint density at radius 1 is 1.35 bits per heavy atom. The lowest BCUT2D eigenvalue weighted by Gasteiger charge is -2.11. The Hall–Kier alpha value is -2.04. The van der Waals surface area contributed by atoms with Crippen LogP contribution < -0.4 is 11.1 Å². The summed E-state index contributed by atoms with van der Waals surface area (Å²) in [6.07, 6.45) is 1.69. The lowest BCUT2D eigenvalue weighted by Crippen LogP contribution is -2.11. The molecular weight excluding hydrogens is 219 g/mol. The standard InChI is InChI=1S/C12H15FN4/c1-8(2)15-11-4-3-9(7-10(11)13)17-6-5-12(14)16-17/h3-8,15H,1-2H3,(H2,14,16). The van der Waals surface area contributed by atoms with Gasteiger partial charge in [0.05, 0.1) is 11.4 Å². The van der Waals surface area contributed by atoms with E-state index in [0.29, 0.717) is 17.2 Å². The molecule has 0 saturated carbocycles. The van der Waals surface area contributed by atoms with Crippen LogP contribution in [-0.4, -0.2) is 15.8 Å². The van der Waals surface area contributed by atoms with E-state index in [9.17, 15) is 4.39 Å². The van der Waals surface area contributed by atoms with Crippen LogP contribution in [0.1, 0.15) is 13.8 Å². The van der Waals surface area contributed by atoms with Gasteiger partial charge in [-0.05, 0) is 26.0 Å². The van der Waals surface area contributed by atoms with Crippen molar-refractivity contribution in [1.29, 1.82) is 0 Å². The molecule has 2 rings (SSSR count). The van der Waals surface area contributed by atoms with Crippen molar-refractivity contribution in [2.24, 2.45) is 0 Å². The minimum absolute atomic E-state index is 0.190. The van der Waals surface area contributed by atoms with Crippen LogP contribution in [0.4, 0.5) is 15.9 Å². The molecule has 0 spiro atoms. The van der Waals surface area contributed by atoms with Crippen LogP contribution in [0, 0.1) is 5.82 Å². The van der Waals surface area contributed by atoms with Crippen LogP contribution in [0.3, 0.4) is 0 Å². The van der Waals surface area contributed by atoms with E-state index in [1.807, 2.05) is 13.8 Å². The van der Waals surface area contributed by atoms with Gasteiger partial charge in [-0.3, -0.25) is 0 Å². The molecule has 0 amide bonds. The highest BCUT2D eigenvalue weighted by Crippen LogP contribution is 2.19. The number of hydrogen-bond acceptors (Lipinski definition) is 3. The third-order valence-corrected chi connectivity index (χ3v) is 2.27. The van der Waals surface area contributed by atoms with E-state index >= 15 is 0 Å². The highest BCUT2D eigenvalue weighted by Gasteiger charge is 2.06. The van der Waals surface area contributed by atoms with Crippen molar-refractivity contribution in [1.82, 2.24) is 9.78 Å². The summed E-state index contributed by atoms with van der Waals surface area (Å²) >= 11 is 0. The molecule has 0 aliphatic rings. The lowest BCUT2D eigenvalue weighted by molar-refractivity contribution is 0.625. The van der Waals surface area contributed by atoms with Crippen LogP contribution in [0.25, 0.3) is 5.69 Å². The van der Waals surface area contributed by atoms with Crippen LogP contribution in [0.5, 0.6) is 0 Å². The van der Waals surface area contributed by atoms with Crippen LogP contribution in [0.15, 0.2) is 30.5 Å². The average Bonchev–Trinajstić information content (AvgIpc) is 2.67. The van der Waals surface area contributed by atoms with Crippen molar-refractivity contribution in [3.05, 3.63) is 36.3 Å². The first kappa shape index (κ1) is 11.4. The molecule has 0 atom stereocenters. The van der Waals surface area contributed by atoms with Gasteiger partial charge in [0.15, 0.2) is 0 Å². The topological polar surface area (TPSA) is 55.9 Å². The first-order valence-corrected chi connectivity index (χ1v) is 5.44. The smallest absolute Gasteiger partial charge is 0.148 e. The van der Waals surface area contributed by atoms with Crippen LogP contribution in [-0.2, 0) is 0 Å². The Labute approximate surface area is 99.2 Å². The van der Waals surface area contributed by atoms with Crippen molar-refractivity contribution in [3.8, 4) is 5.69 Å².